The van der Waals surface area contributed by atoms with Crippen LogP contribution in [0.5, 0.6) is 5.75 Å². The Balaban J connectivity index is 2.71. The Bertz CT molecular complexity index is 237. The summed E-state index contributed by atoms with van der Waals surface area (Å²) < 4.78 is 5.11. The monoisotopic (exact) mass is 167 g/mol. The van der Waals surface area contributed by atoms with Crippen LogP contribution in [0.15, 0.2) is 18.3 Å². The Labute approximate surface area is 71.0 Å². The molecule has 0 saturated heterocycles. The Hall–Kier alpha value is -1.07. The van der Waals surface area contributed by atoms with Crippen LogP contribution in [-0.4, -0.2) is 28.8 Å². The SMILES string of the molecule is CCOc1ccc(B(O)O)nc1. The molecule has 1 heterocycles. The molecule has 0 aliphatic heterocycles. The van der Waals surface area contributed by atoms with E-state index in [4.69, 9.17) is 14.8 Å². The Morgan fingerprint density at radius 1 is 1.50 bits per heavy atom. The van der Waals surface area contributed by atoms with Gasteiger partial charge in [-0.05, 0) is 19.1 Å². The first-order valence-electron chi connectivity index (χ1n) is 3.69. The van der Waals surface area contributed by atoms with Gasteiger partial charge in [-0.3, -0.25) is 4.98 Å². The second-order valence-electron chi connectivity index (χ2n) is 2.23. The van der Waals surface area contributed by atoms with Crippen LogP contribution >= 0.6 is 0 Å². The normalized spacial score (nSPS) is 9.58. The van der Waals surface area contributed by atoms with Gasteiger partial charge in [0.05, 0.1) is 18.4 Å². The van der Waals surface area contributed by atoms with Crippen LogP contribution in [-0.2, 0) is 0 Å². The molecule has 0 aliphatic rings. The van der Waals surface area contributed by atoms with E-state index in [0.717, 1.165) is 0 Å². The van der Waals surface area contributed by atoms with Gasteiger partial charge in [-0.2, -0.15) is 0 Å². The van der Waals surface area contributed by atoms with Gasteiger partial charge in [0.2, 0.25) is 0 Å². The van der Waals surface area contributed by atoms with Crippen molar-refractivity contribution in [3.8, 4) is 5.75 Å². The topological polar surface area (TPSA) is 62.6 Å². The molecule has 64 valence electrons. The van der Waals surface area contributed by atoms with Gasteiger partial charge in [-0.25, -0.2) is 0 Å². The minimum absolute atomic E-state index is 0.221. The molecule has 1 rings (SSSR count). The summed E-state index contributed by atoms with van der Waals surface area (Å²) in [7, 11) is -1.51. The fraction of sp³-hybridized carbons (Fsp3) is 0.286. The van der Waals surface area contributed by atoms with Crippen LogP contribution in [0.4, 0.5) is 0 Å². The quantitative estimate of drug-likeness (QED) is 0.576. The molecule has 2 N–H and O–H groups in total. The molecular formula is C7H10BNO3. The lowest BCUT2D eigenvalue weighted by atomic mass is 9.86. The molecule has 0 radical (unpaired) electrons. The van der Waals surface area contributed by atoms with Crippen molar-refractivity contribution in [3.05, 3.63) is 18.3 Å². The number of ether oxygens (including phenoxy) is 1. The molecule has 4 nitrogen and oxygen atoms in total. The van der Waals surface area contributed by atoms with Crippen molar-refractivity contribution in [1.82, 2.24) is 4.98 Å². The molecule has 1 aromatic rings. The van der Waals surface area contributed by atoms with Crippen molar-refractivity contribution >= 4 is 12.7 Å². The average molecular weight is 167 g/mol. The summed E-state index contributed by atoms with van der Waals surface area (Å²) in [5, 5.41) is 17.4. The minimum atomic E-state index is -1.51. The number of hydrogen-bond acceptors (Lipinski definition) is 4. The van der Waals surface area contributed by atoms with E-state index in [1.165, 1.54) is 12.3 Å². The van der Waals surface area contributed by atoms with Crippen molar-refractivity contribution in [2.45, 2.75) is 6.92 Å². The third-order valence-electron chi connectivity index (χ3n) is 1.33. The van der Waals surface area contributed by atoms with E-state index in [1.807, 2.05) is 6.92 Å². The van der Waals surface area contributed by atoms with Gasteiger partial charge in [-0.15, -0.1) is 0 Å². The van der Waals surface area contributed by atoms with Crippen molar-refractivity contribution in [2.24, 2.45) is 0 Å². The van der Waals surface area contributed by atoms with Gasteiger partial charge in [0.1, 0.15) is 5.75 Å². The van der Waals surface area contributed by atoms with Crippen LogP contribution in [0.1, 0.15) is 6.92 Å². The van der Waals surface area contributed by atoms with Gasteiger partial charge in [-0.1, -0.05) is 0 Å². The molecule has 5 heteroatoms. The number of rotatable bonds is 3. The van der Waals surface area contributed by atoms with Crippen molar-refractivity contribution < 1.29 is 14.8 Å². The molecule has 0 atom stereocenters. The fourth-order valence-corrected chi connectivity index (χ4v) is 0.797. The van der Waals surface area contributed by atoms with E-state index in [1.54, 1.807) is 6.07 Å². The first kappa shape index (κ1) is 9.03. The maximum Gasteiger partial charge on any atom is 0.508 e. The molecule has 0 unspecified atom stereocenters. The third-order valence-corrected chi connectivity index (χ3v) is 1.33. The summed E-state index contributed by atoms with van der Waals surface area (Å²) >= 11 is 0. The lowest BCUT2D eigenvalue weighted by molar-refractivity contribution is 0.339. The molecule has 0 amide bonds. The zero-order valence-electron chi connectivity index (χ0n) is 6.77. The predicted molar refractivity (Wildman–Crippen MR) is 45.2 cm³/mol. The molecule has 0 spiro atoms. The minimum Gasteiger partial charge on any atom is -0.492 e. The van der Waals surface area contributed by atoms with Crippen LogP contribution in [0, 0.1) is 0 Å². The van der Waals surface area contributed by atoms with E-state index in [2.05, 4.69) is 4.98 Å². The van der Waals surface area contributed by atoms with Crippen LogP contribution < -0.4 is 10.3 Å². The van der Waals surface area contributed by atoms with E-state index in [0.29, 0.717) is 12.4 Å². The fourth-order valence-electron chi connectivity index (χ4n) is 0.797. The largest absolute Gasteiger partial charge is 0.508 e. The summed E-state index contributed by atoms with van der Waals surface area (Å²) in [6.07, 6.45) is 1.46. The Kier molecular flexibility index (Phi) is 3.07. The molecular weight excluding hydrogens is 157 g/mol. The molecule has 0 fully saturated rings. The van der Waals surface area contributed by atoms with Gasteiger partial charge >= 0.3 is 7.12 Å². The molecule has 12 heavy (non-hydrogen) atoms. The first-order chi connectivity index (χ1) is 5.74. The number of nitrogens with zero attached hydrogens (tertiary/aromatic N) is 1. The van der Waals surface area contributed by atoms with Gasteiger partial charge in [0.25, 0.3) is 0 Å². The van der Waals surface area contributed by atoms with E-state index in [9.17, 15) is 0 Å². The summed E-state index contributed by atoms with van der Waals surface area (Å²) in [5.41, 5.74) is 0.221. The number of pyridine rings is 1. The van der Waals surface area contributed by atoms with E-state index < -0.39 is 7.12 Å². The van der Waals surface area contributed by atoms with Crippen LogP contribution in [0.2, 0.25) is 0 Å². The van der Waals surface area contributed by atoms with Crippen LogP contribution in [0.25, 0.3) is 0 Å². The highest BCUT2D eigenvalue weighted by Crippen LogP contribution is 2.04. The maximum absolute atomic E-state index is 8.70. The summed E-state index contributed by atoms with van der Waals surface area (Å²) in [6.45, 7) is 2.44. The molecule has 0 saturated carbocycles. The van der Waals surface area contributed by atoms with Crippen molar-refractivity contribution in [1.29, 1.82) is 0 Å². The third kappa shape index (κ3) is 2.22. The molecule has 1 aromatic heterocycles. The van der Waals surface area contributed by atoms with Crippen molar-refractivity contribution in [3.63, 3.8) is 0 Å². The van der Waals surface area contributed by atoms with E-state index in [-0.39, 0.29) is 5.59 Å². The van der Waals surface area contributed by atoms with E-state index >= 15 is 0 Å². The number of hydrogen-bond donors (Lipinski definition) is 2. The zero-order chi connectivity index (χ0) is 8.97. The standard InChI is InChI=1S/C7H10BNO3/c1-2-12-6-3-4-7(8(10)11)9-5-6/h3-5,10-11H,2H2,1H3. The van der Waals surface area contributed by atoms with Crippen molar-refractivity contribution in [2.75, 3.05) is 6.61 Å². The lowest BCUT2D eigenvalue weighted by Gasteiger charge is -2.02. The summed E-state index contributed by atoms with van der Waals surface area (Å²) in [5.74, 6) is 0.627. The Morgan fingerprint density at radius 3 is 2.67 bits per heavy atom. The maximum atomic E-state index is 8.70. The first-order valence-corrected chi connectivity index (χ1v) is 3.69. The number of aromatic nitrogens is 1. The average Bonchev–Trinajstić information content (AvgIpc) is 2.06. The predicted octanol–water partition coefficient (Wildman–Crippen LogP) is -0.840. The highest BCUT2D eigenvalue weighted by Gasteiger charge is 2.11. The highest BCUT2D eigenvalue weighted by molar-refractivity contribution is 6.57. The zero-order valence-corrected chi connectivity index (χ0v) is 6.77. The molecule has 0 bridgehead atoms. The van der Waals surface area contributed by atoms with Gasteiger partial charge in [0, 0.05) is 0 Å². The smallest absolute Gasteiger partial charge is 0.492 e. The molecule has 0 aromatic carbocycles. The molecule has 0 aliphatic carbocycles. The van der Waals surface area contributed by atoms with Crippen LogP contribution in [0.3, 0.4) is 0 Å². The highest BCUT2D eigenvalue weighted by atomic mass is 16.5. The second kappa shape index (κ2) is 4.08. The van der Waals surface area contributed by atoms with Gasteiger partial charge in [0.15, 0.2) is 0 Å². The van der Waals surface area contributed by atoms with Gasteiger partial charge < -0.3 is 14.8 Å². The summed E-state index contributed by atoms with van der Waals surface area (Å²) in [6, 6.07) is 3.15. The summed E-state index contributed by atoms with van der Waals surface area (Å²) in [4.78, 5) is 3.77. The lowest BCUT2D eigenvalue weighted by Crippen LogP contribution is -2.32. The Morgan fingerprint density at radius 2 is 2.25 bits per heavy atom. The second-order valence-corrected chi connectivity index (χ2v) is 2.23.